The normalized spacial score (nSPS) is 28.5. The maximum absolute atomic E-state index is 12.5. The zero-order chi connectivity index (χ0) is 28.2. The number of aliphatic hydroxyl groups excluding tert-OH is 3. The van der Waals surface area contributed by atoms with E-state index in [0.717, 1.165) is 6.08 Å². The van der Waals surface area contributed by atoms with E-state index in [1.165, 1.54) is 36.4 Å². The maximum Gasteiger partial charge on any atom is 0.350 e. The highest BCUT2D eigenvalue weighted by Gasteiger charge is 2.46. The summed E-state index contributed by atoms with van der Waals surface area (Å²) in [6.07, 6.45) is -5.05. The first kappa shape index (κ1) is 28.2. The summed E-state index contributed by atoms with van der Waals surface area (Å²) in [5, 5.41) is 51.5. The van der Waals surface area contributed by atoms with Crippen LogP contribution in [0.25, 0.3) is 0 Å². The van der Waals surface area contributed by atoms with Gasteiger partial charge in [0.2, 0.25) is 11.9 Å². The van der Waals surface area contributed by atoms with Gasteiger partial charge in [-0.15, -0.1) is 0 Å². The Morgan fingerprint density at radius 1 is 1.00 bits per heavy atom. The molecule has 1 aliphatic heterocycles. The highest BCUT2D eigenvalue weighted by molar-refractivity contribution is 6.09. The fourth-order valence-electron chi connectivity index (χ4n) is 4.07. The van der Waals surface area contributed by atoms with Crippen molar-refractivity contribution < 1.29 is 58.9 Å². The second kappa shape index (κ2) is 11.9. The number of ketones is 1. The largest absolute Gasteiger partial charge is 0.508 e. The van der Waals surface area contributed by atoms with E-state index in [0.29, 0.717) is 6.42 Å². The number of esters is 2. The number of aliphatic hydroxyl groups is 4. The number of carbonyl (C=O) groups is 3. The van der Waals surface area contributed by atoms with Crippen molar-refractivity contribution in [3.8, 4) is 11.5 Å². The second-order valence-corrected chi connectivity index (χ2v) is 9.10. The summed E-state index contributed by atoms with van der Waals surface area (Å²) in [5.41, 5.74) is -2.10. The van der Waals surface area contributed by atoms with Crippen molar-refractivity contribution in [2.75, 3.05) is 6.61 Å². The molecule has 0 amide bonds. The van der Waals surface area contributed by atoms with Crippen LogP contribution >= 0.6 is 0 Å². The van der Waals surface area contributed by atoms with E-state index in [-0.39, 0.29) is 29.0 Å². The molecular weight excluding hydrogens is 516 g/mol. The Morgan fingerprint density at radius 2 is 1.74 bits per heavy atom. The van der Waals surface area contributed by atoms with Crippen LogP contribution in [0.2, 0.25) is 0 Å². The number of ether oxygens (including phenoxy) is 4. The molecular formula is C27H28O12. The first-order valence-corrected chi connectivity index (χ1v) is 12.1. The van der Waals surface area contributed by atoms with Gasteiger partial charge in [0.15, 0.2) is 5.78 Å². The molecule has 12 nitrogen and oxygen atoms in total. The third kappa shape index (κ3) is 6.27. The molecule has 39 heavy (non-hydrogen) atoms. The van der Waals surface area contributed by atoms with Crippen molar-refractivity contribution in [2.45, 2.75) is 55.8 Å². The first-order valence-electron chi connectivity index (χ1n) is 12.1. The molecule has 4 rings (SSSR count). The van der Waals surface area contributed by atoms with E-state index >= 15 is 0 Å². The molecule has 2 aromatic rings. The number of rotatable bonds is 8. The van der Waals surface area contributed by atoms with E-state index in [2.05, 4.69) is 0 Å². The Hall–Kier alpha value is -3.81. The van der Waals surface area contributed by atoms with Gasteiger partial charge in [0, 0.05) is 12.0 Å². The summed E-state index contributed by atoms with van der Waals surface area (Å²) >= 11 is 0. The molecule has 2 aromatic carbocycles. The van der Waals surface area contributed by atoms with Crippen LogP contribution in [0.15, 0.2) is 60.7 Å². The minimum atomic E-state index is -2.43. The van der Waals surface area contributed by atoms with Crippen LogP contribution < -0.4 is 4.74 Å². The fraction of sp³-hybridized carbons (Fsp3) is 0.370. The molecule has 0 unspecified atom stereocenters. The zero-order valence-electron chi connectivity index (χ0n) is 20.6. The molecule has 0 spiro atoms. The molecule has 12 heteroatoms. The first-order chi connectivity index (χ1) is 18.6. The number of phenols is 1. The Morgan fingerprint density at radius 3 is 2.46 bits per heavy atom. The van der Waals surface area contributed by atoms with Crippen LogP contribution in [-0.4, -0.2) is 86.2 Å². The van der Waals surface area contributed by atoms with Crippen LogP contribution in [0, 0.1) is 0 Å². The molecule has 2 aliphatic rings. The Balaban J connectivity index is 1.44. The highest BCUT2D eigenvalue weighted by atomic mass is 16.7. The van der Waals surface area contributed by atoms with E-state index in [1.54, 1.807) is 18.2 Å². The summed E-state index contributed by atoms with van der Waals surface area (Å²) in [4.78, 5) is 36.8. The number of phenolic OH excluding ortho intramolecular Hbond substituents is 1. The number of hydrogen-bond acceptors (Lipinski definition) is 12. The van der Waals surface area contributed by atoms with Crippen molar-refractivity contribution in [1.82, 2.24) is 0 Å². The lowest BCUT2D eigenvalue weighted by atomic mass is 9.90. The van der Waals surface area contributed by atoms with Gasteiger partial charge in [-0.05, 0) is 42.8 Å². The predicted octanol–water partition coefficient (Wildman–Crippen LogP) is 0.129. The number of aromatic hydroxyl groups is 1. The predicted molar refractivity (Wildman–Crippen MR) is 130 cm³/mol. The minimum absolute atomic E-state index is 0.0322. The number of Topliss-reactive ketones (excluding diaryl/α,β-unsaturated/α-hetero) is 1. The van der Waals surface area contributed by atoms with Crippen molar-refractivity contribution in [3.63, 3.8) is 0 Å². The molecule has 1 fully saturated rings. The van der Waals surface area contributed by atoms with Gasteiger partial charge in [-0.3, -0.25) is 4.79 Å². The van der Waals surface area contributed by atoms with Gasteiger partial charge in [-0.2, -0.15) is 0 Å². The molecule has 1 aliphatic carbocycles. The minimum Gasteiger partial charge on any atom is -0.508 e. The van der Waals surface area contributed by atoms with Crippen molar-refractivity contribution >= 4 is 17.7 Å². The maximum atomic E-state index is 12.5. The lowest BCUT2D eigenvalue weighted by molar-refractivity contribution is -0.277. The second-order valence-electron chi connectivity index (χ2n) is 9.10. The van der Waals surface area contributed by atoms with Crippen molar-refractivity contribution in [1.29, 1.82) is 0 Å². The third-order valence-electron chi connectivity index (χ3n) is 6.34. The number of benzene rings is 2. The van der Waals surface area contributed by atoms with Crippen LogP contribution in [0.5, 0.6) is 11.5 Å². The van der Waals surface area contributed by atoms with Gasteiger partial charge in [0.05, 0.1) is 5.56 Å². The van der Waals surface area contributed by atoms with Gasteiger partial charge < -0.3 is 44.5 Å². The fourth-order valence-corrected chi connectivity index (χ4v) is 4.07. The number of carbonyl (C=O) groups excluding carboxylic acids is 3. The summed E-state index contributed by atoms with van der Waals surface area (Å²) in [7, 11) is 0. The zero-order valence-corrected chi connectivity index (χ0v) is 20.6. The SMILES string of the molecule is O=C(OC[C@H]1O[C@@H](Oc2ccc(O)cc2COC(=O)[C@@]2(O)C=CCCC2=O)[C@H](O)[C@@H](O)[C@@H]1O)c1ccccc1. The van der Waals surface area contributed by atoms with E-state index in [9.17, 15) is 39.9 Å². The Labute approximate surface area is 222 Å². The molecule has 0 aromatic heterocycles. The number of allylic oxidation sites excluding steroid dienone is 1. The smallest absolute Gasteiger partial charge is 0.350 e. The summed E-state index contributed by atoms with van der Waals surface area (Å²) in [6, 6.07) is 11.8. The quantitative estimate of drug-likeness (QED) is 0.172. The summed E-state index contributed by atoms with van der Waals surface area (Å²) in [6.45, 7) is -1.02. The summed E-state index contributed by atoms with van der Waals surface area (Å²) < 4.78 is 21.6. The van der Waals surface area contributed by atoms with Gasteiger partial charge in [-0.25, -0.2) is 9.59 Å². The van der Waals surface area contributed by atoms with Crippen LogP contribution in [0.4, 0.5) is 0 Å². The third-order valence-corrected chi connectivity index (χ3v) is 6.34. The van der Waals surface area contributed by atoms with Crippen LogP contribution in [0.1, 0.15) is 28.8 Å². The van der Waals surface area contributed by atoms with Gasteiger partial charge >= 0.3 is 11.9 Å². The van der Waals surface area contributed by atoms with Gasteiger partial charge in [0.1, 0.15) is 49.1 Å². The van der Waals surface area contributed by atoms with Crippen molar-refractivity contribution in [3.05, 3.63) is 71.8 Å². The monoisotopic (exact) mass is 544 g/mol. The molecule has 0 bridgehead atoms. The van der Waals surface area contributed by atoms with E-state index in [4.69, 9.17) is 18.9 Å². The molecule has 6 atom stereocenters. The standard InChI is InChI=1S/C27H28O12/c28-17-9-10-18(16(12-17)13-37-26(34)27(35)11-5-4-8-20(27)29)38-25-23(32)22(31)21(30)19(39-25)14-36-24(33)15-6-2-1-3-7-15/h1-3,5-7,9-12,19,21-23,25,28,30-32,35H,4,8,13-14H2/t19-,21-,22+,23-,25-,27-/m1/s1. The molecule has 1 saturated heterocycles. The van der Waals surface area contributed by atoms with E-state index in [1.807, 2.05) is 0 Å². The Bertz CT molecular complexity index is 1230. The molecule has 1 heterocycles. The lowest BCUT2D eigenvalue weighted by Crippen LogP contribution is -2.60. The average Bonchev–Trinajstić information content (AvgIpc) is 2.94. The van der Waals surface area contributed by atoms with Gasteiger partial charge in [0.25, 0.3) is 0 Å². The Kier molecular flexibility index (Phi) is 8.63. The molecule has 208 valence electrons. The molecule has 0 radical (unpaired) electrons. The average molecular weight is 545 g/mol. The summed E-state index contributed by atoms with van der Waals surface area (Å²) in [5.74, 6) is -2.91. The molecule has 0 saturated carbocycles. The van der Waals surface area contributed by atoms with Crippen molar-refractivity contribution in [2.24, 2.45) is 0 Å². The topological polar surface area (TPSA) is 189 Å². The van der Waals surface area contributed by atoms with E-state index < -0.39 is 67.2 Å². The van der Waals surface area contributed by atoms with Crippen LogP contribution in [-0.2, 0) is 30.4 Å². The van der Waals surface area contributed by atoms with Crippen LogP contribution in [0.3, 0.4) is 0 Å². The van der Waals surface area contributed by atoms with Gasteiger partial charge in [-0.1, -0.05) is 24.3 Å². The lowest BCUT2D eigenvalue weighted by Gasteiger charge is -2.40. The number of hydrogen-bond donors (Lipinski definition) is 5. The molecule has 5 N–H and O–H groups in total. The highest BCUT2D eigenvalue weighted by Crippen LogP contribution is 2.30.